The van der Waals surface area contributed by atoms with Gasteiger partial charge in [-0.2, -0.15) is 11.8 Å². The first-order valence-corrected chi connectivity index (χ1v) is 6.86. The van der Waals surface area contributed by atoms with Gasteiger partial charge in [-0.1, -0.05) is 47.5 Å². The largest absolute Gasteiger partial charge is 0.161 e. The molecule has 80 valence electrons. The molecule has 3 atom stereocenters. The summed E-state index contributed by atoms with van der Waals surface area (Å²) in [5.74, 6) is 2.55. The third-order valence-electron chi connectivity index (χ3n) is 3.09. The van der Waals surface area contributed by atoms with Crippen molar-refractivity contribution in [1.82, 2.24) is 0 Å². The molecule has 0 radical (unpaired) electrons. The van der Waals surface area contributed by atoms with E-state index in [1.165, 1.54) is 12.8 Å². The predicted octanol–water partition coefficient (Wildman–Crippen LogP) is 4.45. The smallest absolute Gasteiger partial charge is 0.00954 e. The van der Waals surface area contributed by atoms with Crippen molar-refractivity contribution in [2.75, 3.05) is 6.26 Å². The van der Waals surface area contributed by atoms with Gasteiger partial charge in [0.15, 0.2) is 0 Å². The highest BCUT2D eigenvalue weighted by Crippen LogP contribution is 2.31. The molecule has 0 N–H and O–H groups in total. The van der Waals surface area contributed by atoms with Crippen LogP contribution in [0.2, 0.25) is 0 Å². The number of rotatable bonds is 6. The van der Waals surface area contributed by atoms with Crippen molar-refractivity contribution in [1.29, 1.82) is 0 Å². The van der Waals surface area contributed by atoms with Crippen molar-refractivity contribution in [3.05, 3.63) is 0 Å². The van der Waals surface area contributed by atoms with E-state index in [1.807, 2.05) is 11.8 Å². The van der Waals surface area contributed by atoms with Crippen LogP contribution in [0.1, 0.15) is 47.5 Å². The second kappa shape index (κ2) is 6.75. The molecule has 0 aliphatic heterocycles. The normalized spacial score (nSPS) is 18.7. The van der Waals surface area contributed by atoms with E-state index < -0.39 is 0 Å². The van der Waals surface area contributed by atoms with Gasteiger partial charge in [0.05, 0.1) is 0 Å². The zero-order valence-corrected chi connectivity index (χ0v) is 10.9. The summed E-state index contributed by atoms with van der Waals surface area (Å²) in [5.41, 5.74) is 0. The fourth-order valence-corrected chi connectivity index (χ4v) is 3.38. The molecule has 0 aromatic rings. The van der Waals surface area contributed by atoms with Crippen LogP contribution in [0.15, 0.2) is 0 Å². The molecule has 0 fully saturated rings. The Kier molecular flexibility index (Phi) is 6.93. The molecule has 0 nitrogen and oxygen atoms in total. The van der Waals surface area contributed by atoms with Gasteiger partial charge in [-0.15, -0.1) is 0 Å². The van der Waals surface area contributed by atoms with Gasteiger partial charge in [0, 0.05) is 5.25 Å². The molecule has 0 aromatic carbocycles. The van der Waals surface area contributed by atoms with E-state index in [1.54, 1.807) is 0 Å². The van der Waals surface area contributed by atoms with Gasteiger partial charge < -0.3 is 0 Å². The Labute approximate surface area is 88.9 Å². The van der Waals surface area contributed by atoms with Crippen LogP contribution in [0.3, 0.4) is 0 Å². The summed E-state index contributed by atoms with van der Waals surface area (Å²) in [7, 11) is 0. The molecule has 0 spiro atoms. The first-order chi connectivity index (χ1) is 6.04. The monoisotopic (exact) mass is 202 g/mol. The van der Waals surface area contributed by atoms with Gasteiger partial charge in [0.25, 0.3) is 0 Å². The lowest BCUT2D eigenvalue weighted by Gasteiger charge is -2.30. The molecule has 3 unspecified atom stereocenters. The molecule has 0 aliphatic rings. The second-order valence-corrected chi connectivity index (χ2v) is 5.59. The molecule has 0 rings (SSSR count). The van der Waals surface area contributed by atoms with Gasteiger partial charge in [-0.25, -0.2) is 0 Å². The van der Waals surface area contributed by atoms with Gasteiger partial charge in [0.2, 0.25) is 0 Å². The van der Waals surface area contributed by atoms with Gasteiger partial charge in [-0.3, -0.25) is 0 Å². The molecule has 0 aromatic heterocycles. The number of hydrogen-bond donors (Lipinski definition) is 0. The maximum absolute atomic E-state index is 2.42. The van der Waals surface area contributed by atoms with E-state index >= 15 is 0 Å². The average molecular weight is 202 g/mol. The van der Waals surface area contributed by atoms with Crippen LogP contribution < -0.4 is 0 Å². The highest BCUT2D eigenvalue weighted by molar-refractivity contribution is 7.99. The first-order valence-electron chi connectivity index (χ1n) is 5.57. The van der Waals surface area contributed by atoms with E-state index in [9.17, 15) is 0 Å². The predicted molar refractivity (Wildman–Crippen MR) is 65.4 cm³/mol. The lowest BCUT2D eigenvalue weighted by Crippen LogP contribution is -2.25. The zero-order valence-electron chi connectivity index (χ0n) is 10.1. The Hall–Kier alpha value is 0.350. The van der Waals surface area contributed by atoms with Crippen LogP contribution in [0.5, 0.6) is 0 Å². The number of hydrogen-bond acceptors (Lipinski definition) is 1. The zero-order chi connectivity index (χ0) is 10.4. The van der Waals surface area contributed by atoms with Crippen molar-refractivity contribution < 1.29 is 0 Å². The van der Waals surface area contributed by atoms with Crippen molar-refractivity contribution in [2.45, 2.75) is 52.7 Å². The van der Waals surface area contributed by atoms with E-state index in [0.29, 0.717) is 0 Å². The third-order valence-corrected chi connectivity index (χ3v) is 4.61. The maximum Gasteiger partial charge on any atom is 0.00954 e. The average Bonchev–Trinajstić information content (AvgIpc) is 2.05. The van der Waals surface area contributed by atoms with Crippen LogP contribution in [0, 0.1) is 17.8 Å². The van der Waals surface area contributed by atoms with E-state index in [-0.39, 0.29) is 0 Å². The molecular formula is C12H26S. The maximum atomic E-state index is 2.42. The van der Waals surface area contributed by atoms with Crippen LogP contribution in [-0.4, -0.2) is 11.5 Å². The molecule has 0 heterocycles. The minimum atomic E-state index is 0.810. The Bertz CT molecular complexity index is 120. The molecule has 0 saturated heterocycles. The fraction of sp³-hybridized carbons (Fsp3) is 1.00. The van der Waals surface area contributed by atoms with Crippen molar-refractivity contribution in [2.24, 2.45) is 17.8 Å². The van der Waals surface area contributed by atoms with Gasteiger partial charge in [-0.05, 0) is 24.0 Å². The SMILES string of the molecule is CCCC(C)C(C)C(SC)C(C)C. The minimum absolute atomic E-state index is 0.810. The third kappa shape index (κ3) is 4.39. The van der Waals surface area contributed by atoms with Crippen LogP contribution in [0.25, 0.3) is 0 Å². The van der Waals surface area contributed by atoms with Crippen LogP contribution in [0.4, 0.5) is 0 Å². The summed E-state index contributed by atoms with van der Waals surface area (Å²) in [5, 5.41) is 0.835. The Morgan fingerprint density at radius 2 is 1.62 bits per heavy atom. The molecule has 0 amide bonds. The quantitative estimate of drug-likeness (QED) is 0.613. The highest BCUT2D eigenvalue weighted by Gasteiger charge is 2.23. The van der Waals surface area contributed by atoms with E-state index in [0.717, 1.165) is 23.0 Å². The van der Waals surface area contributed by atoms with Crippen molar-refractivity contribution >= 4 is 11.8 Å². The van der Waals surface area contributed by atoms with Crippen molar-refractivity contribution in [3.8, 4) is 0 Å². The summed E-state index contributed by atoms with van der Waals surface area (Å²) in [6.07, 6.45) is 4.95. The summed E-state index contributed by atoms with van der Waals surface area (Å²) in [6, 6.07) is 0. The lowest BCUT2D eigenvalue weighted by atomic mass is 9.85. The van der Waals surface area contributed by atoms with Gasteiger partial charge >= 0.3 is 0 Å². The Morgan fingerprint density at radius 1 is 1.08 bits per heavy atom. The lowest BCUT2D eigenvalue weighted by molar-refractivity contribution is 0.317. The van der Waals surface area contributed by atoms with E-state index in [2.05, 4.69) is 40.9 Å². The topological polar surface area (TPSA) is 0 Å². The second-order valence-electron chi connectivity index (χ2n) is 4.57. The molecule has 1 heteroatoms. The summed E-state index contributed by atoms with van der Waals surface area (Å²) in [6.45, 7) is 11.8. The van der Waals surface area contributed by atoms with Crippen LogP contribution >= 0.6 is 11.8 Å². The summed E-state index contributed by atoms with van der Waals surface area (Å²) >= 11 is 2.04. The highest BCUT2D eigenvalue weighted by atomic mass is 32.2. The Morgan fingerprint density at radius 3 is 1.92 bits per heavy atom. The fourth-order valence-electron chi connectivity index (χ4n) is 2.14. The molecule has 0 saturated carbocycles. The summed E-state index contributed by atoms with van der Waals surface area (Å²) < 4.78 is 0. The molecule has 0 aliphatic carbocycles. The standard InChI is InChI=1S/C12H26S/c1-7-8-10(4)11(5)12(13-6)9(2)3/h9-12H,7-8H2,1-6H3. The molecule has 13 heavy (non-hydrogen) atoms. The summed E-state index contributed by atoms with van der Waals surface area (Å²) in [4.78, 5) is 0. The number of thioether (sulfide) groups is 1. The first kappa shape index (κ1) is 13.4. The van der Waals surface area contributed by atoms with Crippen molar-refractivity contribution in [3.63, 3.8) is 0 Å². The van der Waals surface area contributed by atoms with E-state index in [4.69, 9.17) is 0 Å². The van der Waals surface area contributed by atoms with Gasteiger partial charge in [0.1, 0.15) is 0 Å². The minimum Gasteiger partial charge on any atom is -0.161 e. The molecule has 0 bridgehead atoms. The molecular weight excluding hydrogens is 176 g/mol. The Balaban J connectivity index is 4.10. The van der Waals surface area contributed by atoms with Crippen LogP contribution in [-0.2, 0) is 0 Å².